The highest BCUT2D eigenvalue weighted by Gasteiger charge is 2.13. The van der Waals surface area contributed by atoms with Crippen molar-refractivity contribution in [3.05, 3.63) is 49.6 Å². The molecule has 0 radical (unpaired) electrons. The van der Waals surface area contributed by atoms with Gasteiger partial charge in [0.15, 0.2) is 0 Å². The van der Waals surface area contributed by atoms with Crippen LogP contribution in [0.2, 0.25) is 5.02 Å². The third kappa shape index (κ3) is 4.45. The van der Waals surface area contributed by atoms with Gasteiger partial charge in [-0.05, 0) is 46.3 Å². The number of hydrogen-bond donors (Lipinski definition) is 3. The zero-order valence-electron chi connectivity index (χ0n) is 10.5. The number of amides is 2. The van der Waals surface area contributed by atoms with Gasteiger partial charge in [0.05, 0.1) is 21.6 Å². The number of benzene rings is 1. The highest BCUT2D eigenvalue weighted by Crippen LogP contribution is 2.22. The van der Waals surface area contributed by atoms with Crippen molar-refractivity contribution < 1.29 is 14.7 Å². The summed E-state index contributed by atoms with van der Waals surface area (Å²) < 4.78 is 0.977. The van der Waals surface area contributed by atoms with Crippen molar-refractivity contribution in [1.82, 2.24) is 5.32 Å². The lowest BCUT2D eigenvalue weighted by Crippen LogP contribution is -2.28. The van der Waals surface area contributed by atoms with Gasteiger partial charge in [0.2, 0.25) is 0 Å². The first-order chi connectivity index (χ1) is 9.95. The fourth-order valence-electron chi connectivity index (χ4n) is 1.58. The molecule has 0 aliphatic heterocycles. The Bertz CT molecular complexity index is 690. The van der Waals surface area contributed by atoms with Crippen LogP contribution in [0.1, 0.15) is 15.2 Å². The van der Waals surface area contributed by atoms with E-state index in [0.29, 0.717) is 11.6 Å². The molecule has 0 saturated carbocycles. The molecule has 2 aromatic rings. The highest BCUT2D eigenvalue weighted by molar-refractivity contribution is 9.11. The number of halogens is 2. The lowest BCUT2D eigenvalue weighted by molar-refractivity contribution is 0.0698. The summed E-state index contributed by atoms with van der Waals surface area (Å²) in [5.74, 6) is -1.16. The summed E-state index contributed by atoms with van der Waals surface area (Å²) in [5.41, 5.74) is 0.133. The summed E-state index contributed by atoms with van der Waals surface area (Å²) in [4.78, 5) is 23.9. The standard InChI is InChI=1S/C13H10BrClN2O3S/c14-11-4-2-8(21-11)6-16-13(20)17-10-3-1-7(15)5-9(10)12(18)19/h1-5H,6H2,(H,18,19)(H2,16,17,20). The van der Waals surface area contributed by atoms with E-state index in [1.807, 2.05) is 12.1 Å². The number of anilines is 1. The molecule has 1 aromatic carbocycles. The molecule has 0 fully saturated rings. The first-order valence-corrected chi connectivity index (χ1v) is 7.76. The van der Waals surface area contributed by atoms with Gasteiger partial charge < -0.3 is 15.7 Å². The molecule has 5 nitrogen and oxygen atoms in total. The number of nitrogens with one attached hydrogen (secondary N) is 2. The second-order valence-electron chi connectivity index (χ2n) is 4.01. The van der Waals surface area contributed by atoms with Crippen LogP contribution in [0.25, 0.3) is 0 Å². The zero-order valence-corrected chi connectivity index (χ0v) is 13.7. The van der Waals surface area contributed by atoms with Crippen molar-refractivity contribution in [3.63, 3.8) is 0 Å². The number of carboxylic acids is 1. The van der Waals surface area contributed by atoms with E-state index in [4.69, 9.17) is 16.7 Å². The number of aromatic carboxylic acids is 1. The van der Waals surface area contributed by atoms with Crippen LogP contribution >= 0.6 is 38.9 Å². The van der Waals surface area contributed by atoms with E-state index in [0.717, 1.165) is 8.66 Å². The van der Waals surface area contributed by atoms with Gasteiger partial charge >= 0.3 is 12.0 Å². The smallest absolute Gasteiger partial charge is 0.337 e. The molecular weight excluding hydrogens is 380 g/mol. The van der Waals surface area contributed by atoms with Gasteiger partial charge in [0.1, 0.15) is 0 Å². The number of carbonyl (C=O) groups excluding carboxylic acids is 1. The maximum Gasteiger partial charge on any atom is 0.337 e. The molecule has 2 rings (SSSR count). The van der Waals surface area contributed by atoms with Crippen molar-refractivity contribution in [2.45, 2.75) is 6.54 Å². The van der Waals surface area contributed by atoms with E-state index in [-0.39, 0.29) is 11.3 Å². The van der Waals surface area contributed by atoms with Crippen molar-refractivity contribution in [2.24, 2.45) is 0 Å². The number of carbonyl (C=O) groups is 2. The zero-order chi connectivity index (χ0) is 15.4. The molecule has 1 aromatic heterocycles. The topological polar surface area (TPSA) is 78.4 Å². The molecule has 3 N–H and O–H groups in total. The Morgan fingerprint density at radius 2 is 2.05 bits per heavy atom. The van der Waals surface area contributed by atoms with E-state index in [1.54, 1.807) is 0 Å². The van der Waals surface area contributed by atoms with E-state index >= 15 is 0 Å². The molecule has 0 aliphatic carbocycles. The van der Waals surface area contributed by atoms with Crippen LogP contribution in [0.4, 0.5) is 10.5 Å². The van der Waals surface area contributed by atoms with Crippen molar-refractivity contribution in [2.75, 3.05) is 5.32 Å². The first kappa shape index (κ1) is 15.8. The molecule has 21 heavy (non-hydrogen) atoms. The fourth-order valence-corrected chi connectivity index (χ4v) is 3.18. The predicted molar refractivity (Wildman–Crippen MR) is 86.3 cm³/mol. The Balaban J connectivity index is 2.01. The van der Waals surface area contributed by atoms with Gasteiger partial charge in [-0.1, -0.05) is 11.6 Å². The van der Waals surface area contributed by atoms with Crippen LogP contribution < -0.4 is 10.6 Å². The average molecular weight is 390 g/mol. The van der Waals surface area contributed by atoms with E-state index < -0.39 is 12.0 Å². The van der Waals surface area contributed by atoms with Gasteiger partial charge in [-0.15, -0.1) is 11.3 Å². The third-order valence-electron chi connectivity index (χ3n) is 2.51. The van der Waals surface area contributed by atoms with Crippen molar-refractivity contribution in [3.8, 4) is 0 Å². The van der Waals surface area contributed by atoms with Gasteiger partial charge in [0.25, 0.3) is 0 Å². The normalized spacial score (nSPS) is 10.2. The SMILES string of the molecule is O=C(NCc1ccc(Br)s1)Nc1ccc(Cl)cc1C(=O)O. The minimum atomic E-state index is -1.16. The van der Waals surface area contributed by atoms with Crippen LogP contribution in [0.15, 0.2) is 34.1 Å². The Hall–Kier alpha value is -1.57. The second-order valence-corrected chi connectivity index (χ2v) is 6.99. The Kier molecular flexibility index (Phi) is 5.22. The van der Waals surface area contributed by atoms with Crippen LogP contribution in [-0.4, -0.2) is 17.1 Å². The highest BCUT2D eigenvalue weighted by atomic mass is 79.9. The summed E-state index contributed by atoms with van der Waals surface area (Å²) in [6, 6.07) is 7.55. The summed E-state index contributed by atoms with van der Waals surface area (Å²) >= 11 is 10.6. The Morgan fingerprint density at radius 3 is 2.67 bits per heavy atom. The van der Waals surface area contributed by atoms with Gasteiger partial charge in [-0.3, -0.25) is 0 Å². The third-order valence-corrected chi connectivity index (χ3v) is 4.37. The maximum absolute atomic E-state index is 11.8. The molecule has 0 aliphatic rings. The van der Waals surface area contributed by atoms with Crippen molar-refractivity contribution in [1.29, 1.82) is 0 Å². The minimum Gasteiger partial charge on any atom is -0.478 e. The van der Waals surface area contributed by atoms with E-state index in [1.165, 1.54) is 29.5 Å². The molecule has 0 spiro atoms. The average Bonchev–Trinajstić information content (AvgIpc) is 2.84. The molecule has 8 heteroatoms. The van der Waals surface area contributed by atoms with Gasteiger partial charge in [-0.25, -0.2) is 9.59 Å². The first-order valence-electron chi connectivity index (χ1n) is 5.77. The lowest BCUT2D eigenvalue weighted by Gasteiger charge is -2.09. The summed E-state index contributed by atoms with van der Waals surface area (Å²) in [5, 5.41) is 14.5. The second kappa shape index (κ2) is 6.93. The van der Waals surface area contributed by atoms with Gasteiger partial charge in [0, 0.05) is 9.90 Å². The molecule has 1 heterocycles. The van der Waals surface area contributed by atoms with Crippen molar-refractivity contribution >= 4 is 56.6 Å². The maximum atomic E-state index is 11.8. The monoisotopic (exact) mass is 388 g/mol. The molecule has 2 amide bonds. The molecular formula is C13H10BrClN2O3S. The summed E-state index contributed by atoms with van der Waals surface area (Å²) in [6.07, 6.45) is 0. The minimum absolute atomic E-state index is 0.0588. The van der Waals surface area contributed by atoms with E-state index in [9.17, 15) is 9.59 Å². The largest absolute Gasteiger partial charge is 0.478 e. The Labute approximate surface area is 138 Å². The fraction of sp³-hybridized carbons (Fsp3) is 0.0769. The number of carboxylic acid groups (broad SMARTS) is 1. The van der Waals surface area contributed by atoms with Crippen LogP contribution in [-0.2, 0) is 6.54 Å². The van der Waals surface area contributed by atoms with Crippen LogP contribution in [0.3, 0.4) is 0 Å². The Morgan fingerprint density at radius 1 is 1.29 bits per heavy atom. The lowest BCUT2D eigenvalue weighted by atomic mass is 10.2. The molecule has 0 saturated heterocycles. The number of rotatable bonds is 4. The quantitative estimate of drug-likeness (QED) is 0.734. The summed E-state index contributed by atoms with van der Waals surface area (Å²) in [7, 11) is 0. The van der Waals surface area contributed by atoms with Gasteiger partial charge in [-0.2, -0.15) is 0 Å². The summed E-state index contributed by atoms with van der Waals surface area (Å²) in [6.45, 7) is 0.359. The molecule has 0 unspecified atom stereocenters. The molecule has 110 valence electrons. The molecule has 0 bridgehead atoms. The number of hydrogen-bond acceptors (Lipinski definition) is 3. The van der Waals surface area contributed by atoms with E-state index in [2.05, 4.69) is 26.6 Å². The van der Waals surface area contributed by atoms with Crippen LogP contribution in [0.5, 0.6) is 0 Å². The number of thiophene rings is 1. The van der Waals surface area contributed by atoms with Crippen LogP contribution in [0, 0.1) is 0 Å². The number of urea groups is 1. The molecule has 0 atom stereocenters. The predicted octanol–water partition coefficient (Wildman–Crippen LogP) is 4.18.